The van der Waals surface area contributed by atoms with Gasteiger partial charge in [-0.25, -0.2) is 0 Å². The van der Waals surface area contributed by atoms with Gasteiger partial charge in [-0.2, -0.15) is 5.26 Å². The van der Waals surface area contributed by atoms with Crippen LogP contribution in [-0.2, 0) is 6.54 Å². The van der Waals surface area contributed by atoms with Crippen LogP contribution in [0.5, 0.6) is 0 Å². The van der Waals surface area contributed by atoms with Crippen LogP contribution in [0.25, 0.3) is 0 Å². The molecule has 19 heavy (non-hydrogen) atoms. The third-order valence-electron chi connectivity index (χ3n) is 2.80. The number of aryl methyl sites for hydroxylation is 1. The van der Waals surface area contributed by atoms with Crippen molar-refractivity contribution < 1.29 is 4.79 Å². The van der Waals surface area contributed by atoms with Crippen molar-refractivity contribution in [1.29, 1.82) is 5.26 Å². The molecule has 0 saturated carbocycles. The lowest BCUT2D eigenvalue weighted by atomic mass is 10.1. The highest BCUT2D eigenvalue weighted by Gasteiger charge is 2.13. The van der Waals surface area contributed by atoms with Gasteiger partial charge in [0.05, 0.1) is 16.5 Å². The summed E-state index contributed by atoms with van der Waals surface area (Å²) in [5, 5.41) is 8.74. The molecule has 0 fully saturated rings. The van der Waals surface area contributed by atoms with Gasteiger partial charge in [-0.05, 0) is 36.8 Å². The van der Waals surface area contributed by atoms with E-state index in [1.165, 1.54) is 11.3 Å². The van der Waals surface area contributed by atoms with Crippen molar-refractivity contribution >= 4 is 17.2 Å². The molecule has 0 unspecified atom stereocenters. The van der Waals surface area contributed by atoms with Crippen LogP contribution < -0.4 is 0 Å². The largest absolute Gasteiger partial charge is 0.337 e. The molecule has 1 heterocycles. The molecule has 0 bridgehead atoms. The van der Waals surface area contributed by atoms with Crippen LogP contribution in [-0.4, -0.2) is 17.9 Å². The van der Waals surface area contributed by atoms with E-state index in [2.05, 4.69) is 6.07 Å². The maximum atomic E-state index is 12.2. The predicted molar refractivity (Wildman–Crippen MR) is 76.0 cm³/mol. The van der Waals surface area contributed by atoms with E-state index < -0.39 is 0 Å². The first-order valence-electron chi connectivity index (χ1n) is 5.91. The summed E-state index contributed by atoms with van der Waals surface area (Å²) in [5.74, 6) is 0.0301. The first-order chi connectivity index (χ1) is 9.10. The van der Waals surface area contributed by atoms with E-state index in [9.17, 15) is 4.79 Å². The summed E-state index contributed by atoms with van der Waals surface area (Å²) < 4.78 is 0. The molecule has 0 N–H and O–H groups in total. The fourth-order valence-corrected chi connectivity index (χ4v) is 2.63. The van der Waals surface area contributed by atoms with E-state index in [0.717, 1.165) is 15.3 Å². The van der Waals surface area contributed by atoms with E-state index >= 15 is 0 Å². The Labute approximate surface area is 116 Å². The van der Waals surface area contributed by atoms with Crippen molar-refractivity contribution in [3.8, 4) is 6.07 Å². The Hall–Kier alpha value is -2.12. The van der Waals surface area contributed by atoms with Crippen LogP contribution in [0.3, 0.4) is 0 Å². The summed E-state index contributed by atoms with van der Waals surface area (Å²) in [6, 6.07) is 13.2. The molecule has 1 amide bonds. The zero-order valence-electron chi connectivity index (χ0n) is 10.9. The molecular weight excluding hydrogens is 256 g/mol. The number of carbonyl (C=O) groups excluding carboxylic acids is 1. The van der Waals surface area contributed by atoms with Gasteiger partial charge in [-0.3, -0.25) is 4.79 Å². The highest BCUT2D eigenvalue weighted by molar-refractivity contribution is 7.13. The van der Waals surface area contributed by atoms with E-state index in [0.29, 0.717) is 12.1 Å². The van der Waals surface area contributed by atoms with Gasteiger partial charge < -0.3 is 4.90 Å². The Morgan fingerprint density at radius 2 is 1.95 bits per heavy atom. The molecule has 0 spiro atoms. The molecule has 2 rings (SSSR count). The van der Waals surface area contributed by atoms with Crippen LogP contribution in [0.15, 0.2) is 36.4 Å². The number of nitriles is 1. The first-order valence-corrected chi connectivity index (χ1v) is 6.73. The summed E-state index contributed by atoms with van der Waals surface area (Å²) in [7, 11) is 1.79. The lowest BCUT2D eigenvalue weighted by Crippen LogP contribution is -2.25. The molecule has 0 atom stereocenters. The van der Waals surface area contributed by atoms with Crippen molar-refractivity contribution in [2.24, 2.45) is 0 Å². The van der Waals surface area contributed by atoms with E-state index in [-0.39, 0.29) is 5.91 Å². The minimum atomic E-state index is 0.0301. The Kier molecular flexibility index (Phi) is 3.98. The SMILES string of the molecule is Cc1ccc(C(=O)N(C)Cc2ccc(C#N)cc2)s1. The fourth-order valence-electron chi connectivity index (χ4n) is 1.77. The Morgan fingerprint density at radius 3 is 2.47 bits per heavy atom. The van der Waals surface area contributed by atoms with E-state index in [1.807, 2.05) is 31.2 Å². The lowest BCUT2D eigenvalue weighted by Gasteiger charge is -2.16. The van der Waals surface area contributed by atoms with Crippen LogP contribution >= 0.6 is 11.3 Å². The predicted octanol–water partition coefficient (Wildman–Crippen LogP) is 3.20. The van der Waals surface area contributed by atoms with Crippen LogP contribution in [0, 0.1) is 18.3 Å². The third kappa shape index (κ3) is 3.21. The molecule has 0 saturated heterocycles. The maximum absolute atomic E-state index is 12.2. The summed E-state index contributed by atoms with van der Waals surface area (Å²) in [5.41, 5.74) is 1.65. The minimum Gasteiger partial charge on any atom is -0.337 e. The molecule has 3 nitrogen and oxygen atoms in total. The molecule has 96 valence electrons. The lowest BCUT2D eigenvalue weighted by molar-refractivity contribution is 0.0790. The summed E-state index contributed by atoms with van der Waals surface area (Å²) in [4.78, 5) is 15.7. The Bertz CT molecular complexity index is 622. The minimum absolute atomic E-state index is 0.0301. The number of amides is 1. The van der Waals surface area contributed by atoms with E-state index in [1.54, 1.807) is 24.1 Å². The second-order valence-corrected chi connectivity index (χ2v) is 5.67. The number of thiophene rings is 1. The maximum Gasteiger partial charge on any atom is 0.263 e. The number of nitrogens with zero attached hydrogens (tertiary/aromatic N) is 2. The number of rotatable bonds is 3. The van der Waals surface area contributed by atoms with Gasteiger partial charge in [0.2, 0.25) is 0 Å². The topological polar surface area (TPSA) is 44.1 Å². The summed E-state index contributed by atoms with van der Waals surface area (Å²) in [6.45, 7) is 2.53. The monoisotopic (exact) mass is 270 g/mol. The molecule has 4 heteroatoms. The third-order valence-corrected chi connectivity index (χ3v) is 3.79. The highest BCUT2D eigenvalue weighted by Crippen LogP contribution is 2.17. The van der Waals surface area contributed by atoms with Crippen molar-refractivity contribution in [2.45, 2.75) is 13.5 Å². The Morgan fingerprint density at radius 1 is 1.26 bits per heavy atom. The van der Waals surface area contributed by atoms with Crippen molar-refractivity contribution in [2.75, 3.05) is 7.05 Å². The molecule has 1 aromatic carbocycles. The van der Waals surface area contributed by atoms with Gasteiger partial charge in [0.25, 0.3) is 5.91 Å². The van der Waals surface area contributed by atoms with Crippen LogP contribution in [0.4, 0.5) is 0 Å². The molecule has 0 radical (unpaired) electrons. The zero-order chi connectivity index (χ0) is 13.8. The molecular formula is C15H14N2OS. The fraction of sp³-hybridized carbons (Fsp3) is 0.200. The number of hydrogen-bond donors (Lipinski definition) is 0. The molecule has 0 aliphatic carbocycles. The molecule has 2 aromatic rings. The van der Waals surface area contributed by atoms with Gasteiger partial charge in [0.1, 0.15) is 0 Å². The average Bonchev–Trinajstić information content (AvgIpc) is 2.85. The smallest absolute Gasteiger partial charge is 0.263 e. The number of hydrogen-bond acceptors (Lipinski definition) is 3. The molecule has 0 aliphatic rings. The standard InChI is InChI=1S/C15H14N2OS/c1-11-3-8-14(19-11)15(18)17(2)10-13-6-4-12(9-16)5-7-13/h3-8H,10H2,1-2H3. The summed E-state index contributed by atoms with van der Waals surface area (Å²) >= 11 is 1.51. The number of benzene rings is 1. The summed E-state index contributed by atoms with van der Waals surface area (Å²) in [6.07, 6.45) is 0. The second-order valence-electron chi connectivity index (χ2n) is 4.38. The average molecular weight is 270 g/mol. The normalized spacial score (nSPS) is 9.95. The van der Waals surface area contributed by atoms with Gasteiger partial charge in [0.15, 0.2) is 0 Å². The van der Waals surface area contributed by atoms with Gasteiger partial charge in [0, 0.05) is 18.5 Å². The van der Waals surface area contributed by atoms with Gasteiger partial charge in [-0.1, -0.05) is 12.1 Å². The first kappa shape index (κ1) is 13.3. The quantitative estimate of drug-likeness (QED) is 0.859. The molecule has 1 aromatic heterocycles. The van der Waals surface area contributed by atoms with E-state index in [4.69, 9.17) is 5.26 Å². The zero-order valence-corrected chi connectivity index (χ0v) is 11.7. The van der Waals surface area contributed by atoms with Gasteiger partial charge >= 0.3 is 0 Å². The van der Waals surface area contributed by atoms with Gasteiger partial charge in [-0.15, -0.1) is 11.3 Å². The van der Waals surface area contributed by atoms with Crippen molar-refractivity contribution in [1.82, 2.24) is 4.90 Å². The Balaban J connectivity index is 2.06. The highest BCUT2D eigenvalue weighted by atomic mass is 32.1. The second kappa shape index (κ2) is 5.68. The van der Waals surface area contributed by atoms with Crippen molar-refractivity contribution in [3.05, 3.63) is 57.3 Å². The van der Waals surface area contributed by atoms with Crippen LogP contribution in [0.1, 0.15) is 25.7 Å². The van der Waals surface area contributed by atoms with Crippen LogP contribution in [0.2, 0.25) is 0 Å². The number of carbonyl (C=O) groups is 1. The molecule has 0 aliphatic heterocycles. The van der Waals surface area contributed by atoms with Crippen molar-refractivity contribution in [3.63, 3.8) is 0 Å².